The van der Waals surface area contributed by atoms with Crippen LogP contribution in [0.1, 0.15) is 34.9 Å². The first kappa shape index (κ1) is 12.7. The van der Waals surface area contributed by atoms with Crippen LogP contribution in [0.25, 0.3) is 0 Å². The number of rotatable bonds is 4. The summed E-state index contributed by atoms with van der Waals surface area (Å²) >= 11 is 7.74. The quantitative estimate of drug-likeness (QED) is 0.895. The smallest absolute Gasteiger partial charge is 0.126 e. The number of hydrogen-bond acceptors (Lipinski definition) is 3. The molecule has 0 aliphatic heterocycles. The molecule has 1 atom stereocenters. The monoisotopic (exact) mass is 269 g/mol. The molecule has 0 aliphatic rings. The summed E-state index contributed by atoms with van der Waals surface area (Å²) in [6.07, 6.45) is 0. The van der Waals surface area contributed by atoms with Crippen LogP contribution >= 0.6 is 22.9 Å². The highest BCUT2D eigenvalue weighted by atomic mass is 35.5. The third-order valence-corrected chi connectivity index (χ3v) is 4.23. The molecule has 0 aliphatic carbocycles. The summed E-state index contributed by atoms with van der Waals surface area (Å²) in [6.45, 7) is 6.96. The van der Waals surface area contributed by atoms with Crippen LogP contribution in [0.3, 0.4) is 0 Å². The molecule has 0 fully saturated rings. The Morgan fingerprint density at radius 2 is 2.18 bits per heavy atom. The Morgan fingerprint density at radius 3 is 2.65 bits per heavy atom. The maximum atomic E-state index is 6.13. The summed E-state index contributed by atoms with van der Waals surface area (Å²) in [5.74, 6) is 1.88. The predicted octanol–water partition coefficient (Wildman–Crippen LogP) is 4.31. The van der Waals surface area contributed by atoms with Gasteiger partial charge in [-0.3, -0.25) is 0 Å². The van der Waals surface area contributed by atoms with Gasteiger partial charge in [0, 0.05) is 4.88 Å². The van der Waals surface area contributed by atoms with Gasteiger partial charge in [-0.05, 0) is 44.2 Å². The van der Waals surface area contributed by atoms with Crippen molar-refractivity contribution in [2.24, 2.45) is 0 Å². The van der Waals surface area contributed by atoms with Crippen LogP contribution in [0.5, 0.6) is 0 Å². The van der Waals surface area contributed by atoms with Gasteiger partial charge in [-0.2, -0.15) is 0 Å². The first-order chi connectivity index (χ1) is 8.11. The van der Waals surface area contributed by atoms with Crippen molar-refractivity contribution in [2.75, 3.05) is 6.54 Å². The van der Waals surface area contributed by atoms with Gasteiger partial charge in [0.15, 0.2) is 0 Å². The summed E-state index contributed by atoms with van der Waals surface area (Å²) in [7, 11) is 0. The van der Waals surface area contributed by atoms with E-state index >= 15 is 0 Å². The van der Waals surface area contributed by atoms with Crippen molar-refractivity contribution in [3.8, 4) is 0 Å². The Morgan fingerprint density at radius 1 is 1.41 bits per heavy atom. The molecule has 0 saturated carbocycles. The zero-order valence-electron chi connectivity index (χ0n) is 10.2. The molecule has 92 valence electrons. The molecule has 0 bridgehead atoms. The molecule has 1 N–H and O–H groups in total. The Kier molecular flexibility index (Phi) is 3.92. The number of aryl methyl sites for hydroxylation is 2. The number of thiophene rings is 1. The summed E-state index contributed by atoms with van der Waals surface area (Å²) < 4.78 is 6.56. The zero-order valence-corrected chi connectivity index (χ0v) is 11.8. The lowest BCUT2D eigenvalue weighted by atomic mass is 10.1. The Hall–Kier alpha value is -0.770. The fourth-order valence-corrected chi connectivity index (χ4v) is 3.08. The molecule has 1 unspecified atom stereocenters. The average Bonchev–Trinajstić information content (AvgIpc) is 2.83. The molecule has 0 amide bonds. The third kappa shape index (κ3) is 2.73. The third-order valence-electron chi connectivity index (χ3n) is 2.61. The fraction of sp³-hybridized carbons (Fsp3) is 0.385. The second-order valence-electron chi connectivity index (χ2n) is 4.04. The average molecular weight is 270 g/mol. The highest BCUT2D eigenvalue weighted by molar-refractivity contribution is 7.16. The summed E-state index contributed by atoms with van der Waals surface area (Å²) in [4.78, 5) is 1.20. The minimum Gasteiger partial charge on any atom is -0.464 e. The lowest BCUT2D eigenvalue weighted by Gasteiger charge is -2.13. The summed E-state index contributed by atoms with van der Waals surface area (Å²) in [6, 6.07) is 6.23. The Labute approximate surface area is 111 Å². The Balaban J connectivity index is 2.34. The van der Waals surface area contributed by atoms with Gasteiger partial charge in [-0.15, -0.1) is 11.3 Å². The second-order valence-corrected chi connectivity index (χ2v) is 5.73. The molecule has 0 aromatic carbocycles. The molecular weight excluding hydrogens is 254 g/mol. The number of furan rings is 1. The van der Waals surface area contributed by atoms with Gasteiger partial charge in [0.05, 0.1) is 4.34 Å². The van der Waals surface area contributed by atoms with Crippen LogP contribution in [0.15, 0.2) is 22.6 Å². The number of nitrogens with one attached hydrogen (secondary N) is 1. The standard InChI is InChI=1S/C13H16ClNOS/c1-4-15-12(10-6-5-9(3)16-10)11-7-8(2)13(14)17-11/h5-7,12,15H,4H2,1-3H3. The van der Waals surface area contributed by atoms with Crippen LogP contribution < -0.4 is 5.32 Å². The van der Waals surface area contributed by atoms with Crippen molar-refractivity contribution in [3.63, 3.8) is 0 Å². The van der Waals surface area contributed by atoms with Gasteiger partial charge in [0.1, 0.15) is 17.6 Å². The molecule has 2 rings (SSSR count). The minimum absolute atomic E-state index is 0.102. The molecular formula is C13H16ClNOS. The maximum Gasteiger partial charge on any atom is 0.126 e. The number of halogens is 1. The second kappa shape index (κ2) is 5.25. The minimum atomic E-state index is 0.102. The summed E-state index contributed by atoms with van der Waals surface area (Å²) in [5, 5.41) is 3.43. The largest absolute Gasteiger partial charge is 0.464 e. The summed E-state index contributed by atoms with van der Waals surface area (Å²) in [5.41, 5.74) is 1.12. The van der Waals surface area contributed by atoms with Gasteiger partial charge in [0.25, 0.3) is 0 Å². The van der Waals surface area contributed by atoms with Crippen LogP contribution in [-0.2, 0) is 0 Å². The van der Waals surface area contributed by atoms with Crippen LogP contribution in [0, 0.1) is 13.8 Å². The Bertz CT molecular complexity index is 484. The van der Waals surface area contributed by atoms with E-state index in [9.17, 15) is 0 Å². The highest BCUT2D eigenvalue weighted by Crippen LogP contribution is 2.34. The van der Waals surface area contributed by atoms with Gasteiger partial charge in [0.2, 0.25) is 0 Å². The first-order valence-electron chi connectivity index (χ1n) is 5.67. The van der Waals surface area contributed by atoms with E-state index in [0.29, 0.717) is 0 Å². The molecule has 0 spiro atoms. The van der Waals surface area contributed by atoms with Crippen LogP contribution in [0.4, 0.5) is 0 Å². The number of hydrogen-bond donors (Lipinski definition) is 1. The van der Waals surface area contributed by atoms with Crippen molar-refractivity contribution >= 4 is 22.9 Å². The molecule has 17 heavy (non-hydrogen) atoms. The zero-order chi connectivity index (χ0) is 12.4. The van der Waals surface area contributed by atoms with E-state index in [4.69, 9.17) is 16.0 Å². The highest BCUT2D eigenvalue weighted by Gasteiger charge is 2.19. The van der Waals surface area contributed by atoms with Gasteiger partial charge < -0.3 is 9.73 Å². The lowest BCUT2D eigenvalue weighted by Crippen LogP contribution is -2.20. The fourth-order valence-electron chi connectivity index (χ4n) is 1.78. The van der Waals surface area contributed by atoms with E-state index < -0.39 is 0 Å². The molecule has 2 aromatic rings. The van der Waals surface area contributed by atoms with E-state index in [1.54, 1.807) is 11.3 Å². The van der Waals surface area contributed by atoms with Crippen molar-refractivity contribution in [3.05, 3.63) is 44.5 Å². The van der Waals surface area contributed by atoms with Crippen LogP contribution in [0.2, 0.25) is 4.34 Å². The maximum absolute atomic E-state index is 6.13. The molecule has 4 heteroatoms. The lowest BCUT2D eigenvalue weighted by molar-refractivity contribution is 0.437. The topological polar surface area (TPSA) is 25.2 Å². The van der Waals surface area contributed by atoms with Crippen molar-refractivity contribution in [1.29, 1.82) is 0 Å². The van der Waals surface area contributed by atoms with Crippen molar-refractivity contribution < 1.29 is 4.42 Å². The van der Waals surface area contributed by atoms with E-state index in [-0.39, 0.29) is 6.04 Å². The van der Waals surface area contributed by atoms with Gasteiger partial charge in [-0.25, -0.2) is 0 Å². The normalized spacial score (nSPS) is 12.9. The van der Waals surface area contributed by atoms with E-state index in [0.717, 1.165) is 28.0 Å². The SMILES string of the molecule is CCNC(c1ccc(C)o1)c1cc(C)c(Cl)s1. The van der Waals surface area contributed by atoms with E-state index in [2.05, 4.69) is 18.3 Å². The van der Waals surface area contributed by atoms with E-state index in [1.807, 2.05) is 26.0 Å². The molecule has 0 saturated heterocycles. The molecule has 2 heterocycles. The van der Waals surface area contributed by atoms with Crippen molar-refractivity contribution in [2.45, 2.75) is 26.8 Å². The van der Waals surface area contributed by atoms with Crippen LogP contribution in [-0.4, -0.2) is 6.54 Å². The van der Waals surface area contributed by atoms with Gasteiger partial charge in [-0.1, -0.05) is 18.5 Å². The predicted molar refractivity (Wildman–Crippen MR) is 73.0 cm³/mol. The molecule has 2 aromatic heterocycles. The van der Waals surface area contributed by atoms with Gasteiger partial charge >= 0.3 is 0 Å². The first-order valence-corrected chi connectivity index (χ1v) is 6.86. The molecule has 0 radical (unpaired) electrons. The van der Waals surface area contributed by atoms with Crippen molar-refractivity contribution in [1.82, 2.24) is 5.32 Å². The van der Waals surface area contributed by atoms with E-state index in [1.165, 1.54) is 4.88 Å². The molecule has 2 nitrogen and oxygen atoms in total.